The number of aryl methyl sites for hydroxylation is 1. The number of hydrogen-bond donors (Lipinski definition) is 2. The van der Waals surface area contributed by atoms with Crippen molar-refractivity contribution in [1.82, 2.24) is 15.5 Å². The zero-order valence-electron chi connectivity index (χ0n) is 12.1. The lowest BCUT2D eigenvalue weighted by Crippen LogP contribution is -2.32. The molecule has 20 heavy (non-hydrogen) atoms. The van der Waals surface area contributed by atoms with Gasteiger partial charge < -0.3 is 5.32 Å². The van der Waals surface area contributed by atoms with Crippen LogP contribution >= 0.6 is 0 Å². The van der Waals surface area contributed by atoms with Crippen molar-refractivity contribution in [3.05, 3.63) is 53.3 Å². The van der Waals surface area contributed by atoms with Crippen LogP contribution in [0, 0.1) is 6.92 Å². The molecule has 0 amide bonds. The largest absolute Gasteiger partial charge is 0.310 e. The van der Waals surface area contributed by atoms with Crippen molar-refractivity contribution in [3.63, 3.8) is 0 Å². The van der Waals surface area contributed by atoms with Gasteiger partial charge in [-0.05, 0) is 44.1 Å². The molecule has 1 heterocycles. The van der Waals surface area contributed by atoms with E-state index in [4.69, 9.17) is 0 Å². The van der Waals surface area contributed by atoms with Gasteiger partial charge in [-0.1, -0.05) is 30.3 Å². The smallest absolute Gasteiger partial charge is 0.0535 e. The average Bonchev–Trinajstić information content (AvgIpc) is 2.92. The summed E-state index contributed by atoms with van der Waals surface area (Å²) in [5.41, 5.74) is 3.97. The number of hydrogen-bond acceptors (Lipinski definition) is 2. The van der Waals surface area contributed by atoms with Crippen molar-refractivity contribution < 1.29 is 0 Å². The summed E-state index contributed by atoms with van der Waals surface area (Å²) in [4.78, 5) is 0. The molecule has 0 aliphatic heterocycles. The second-order valence-corrected chi connectivity index (χ2v) is 5.86. The Morgan fingerprint density at radius 2 is 1.90 bits per heavy atom. The second kappa shape index (κ2) is 6.23. The van der Waals surface area contributed by atoms with Crippen LogP contribution in [0.1, 0.15) is 48.4 Å². The van der Waals surface area contributed by atoms with Gasteiger partial charge in [0.15, 0.2) is 0 Å². The third-order valence-corrected chi connectivity index (χ3v) is 4.51. The average molecular weight is 269 g/mol. The van der Waals surface area contributed by atoms with Gasteiger partial charge in [-0.15, -0.1) is 0 Å². The van der Waals surface area contributed by atoms with Gasteiger partial charge in [0.2, 0.25) is 0 Å². The fraction of sp³-hybridized carbons (Fsp3) is 0.471. The van der Waals surface area contributed by atoms with Crippen LogP contribution < -0.4 is 5.32 Å². The van der Waals surface area contributed by atoms with Crippen LogP contribution in [-0.4, -0.2) is 16.2 Å². The molecule has 0 spiro atoms. The minimum Gasteiger partial charge on any atom is -0.310 e. The topological polar surface area (TPSA) is 40.7 Å². The van der Waals surface area contributed by atoms with Gasteiger partial charge in [-0.25, -0.2) is 0 Å². The second-order valence-electron chi connectivity index (χ2n) is 5.86. The van der Waals surface area contributed by atoms with Crippen LogP contribution in [0.2, 0.25) is 0 Å². The van der Waals surface area contributed by atoms with Crippen molar-refractivity contribution in [1.29, 1.82) is 0 Å². The molecular weight excluding hydrogens is 246 g/mol. The standard InChI is InChI=1S/C17H23N3/c1-13-16(12-19-20-13)11-18-17-9-7-15(8-10-17)14-5-3-2-4-6-14/h2-6,12,15,17-18H,7-11H2,1H3,(H,19,20). The minimum atomic E-state index is 0.657. The molecule has 0 bridgehead atoms. The molecule has 3 rings (SSSR count). The van der Waals surface area contributed by atoms with Crippen LogP contribution in [0.5, 0.6) is 0 Å². The van der Waals surface area contributed by atoms with E-state index >= 15 is 0 Å². The first-order valence-corrected chi connectivity index (χ1v) is 7.60. The summed E-state index contributed by atoms with van der Waals surface area (Å²) >= 11 is 0. The minimum absolute atomic E-state index is 0.657. The van der Waals surface area contributed by atoms with E-state index in [0.29, 0.717) is 6.04 Å². The molecule has 1 saturated carbocycles. The van der Waals surface area contributed by atoms with Crippen molar-refractivity contribution in [3.8, 4) is 0 Å². The molecule has 0 radical (unpaired) electrons. The van der Waals surface area contributed by atoms with Gasteiger partial charge in [0.05, 0.1) is 6.20 Å². The van der Waals surface area contributed by atoms with Crippen molar-refractivity contribution in [2.45, 2.75) is 51.1 Å². The first kappa shape index (κ1) is 13.4. The number of H-pyrrole nitrogens is 1. The van der Waals surface area contributed by atoms with E-state index in [1.807, 2.05) is 6.20 Å². The number of aromatic amines is 1. The molecule has 1 aliphatic rings. The molecule has 0 saturated heterocycles. The number of aromatic nitrogens is 2. The molecule has 1 aliphatic carbocycles. The van der Waals surface area contributed by atoms with E-state index in [-0.39, 0.29) is 0 Å². The van der Waals surface area contributed by atoms with Crippen molar-refractivity contribution in [2.75, 3.05) is 0 Å². The van der Waals surface area contributed by atoms with Gasteiger partial charge in [0, 0.05) is 23.8 Å². The highest BCUT2D eigenvalue weighted by molar-refractivity contribution is 5.20. The van der Waals surface area contributed by atoms with Gasteiger partial charge >= 0.3 is 0 Å². The Balaban J connectivity index is 1.48. The van der Waals surface area contributed by atoms with Crippen molar-refractivity contribution in [2.24, 2.45) is 0 Å². The van der Waals surface area contributed by atoms with Gasteiger partial charge in [-0.2, -0.15) is 5.10 Å². The Morgan fingerprint density at radius 3 is 2.55 bits per heavy atom. The third-order valence-electron chi connectivity index (χ3n) is 4.51. The van der Waals surface area contributed by atoms with Gasteiger partial charge in [-0.3, -0.25) is 5.10 Å². The number of nitrogens with one attached hydrogen (secondary N) is 2. The Bertz CT molecular complexity index is 524. The zero-order chi connectivity index (χ0) is 13.8. The number of benzene rings is 1. The van der Waals surface area contributed by atoms with E-state index in [2.05, 4.69) is 52.8 Å². The normalized spacial score (nSPS) is 22.9. The third kappa shape index (κ3) is 3.10. The SMILES string of the molecule is Cc1[nH]ncc1CNC1CCC(c2ccccc2)CC1. The summed E-state index contributed by atoms with van der Waals surface area (Å²) in [6.45, 7) is 3.01. The molecule has 0 atom stereocenters. The van der Waals surface area contributed by atoms with Gasteiger partial charge in [0.1, 0.15) is 0 Å². The molecule has 3 heteroatoms. The summed E-state index contributed by atoms with van der Waals surface area (Å²) < 4.78 is 0. The molecule has 3 nitrogen and oxygen atoms in total. The number of rotatable bonds is 4. The van der Waals surface area contributed by atoms with Crippen LogP contribution in [0.3, 0.4) is 0 Å². The molecule has 2 N–H and O–H groups in total. The maximum absolute atomic E-state index is 4.07. The van der Waals surface area contributed by atoms with E-state index in [9.17, 15) is 0 Å². The molecule has 2 aromatic rings. The number of nitrogens with zero attached hydrogens (tertiary/aromatic N) is 1. The van der Waals surface area contributed by atoms with E-state index in [0.717, 1.165) is 12.5 Å². The Morgan fingerprint density at radius 1 is 1.15 bits per heavy atom. The van der Waals surface area contributed by atoms with Gasteiger partial charge in [0.25, 0.3) is 0 Å². The predicted octanol–water partition coefficient (Wildman–Crippen LogP) is 3.53. The molecule has 106 valence electrons. The van der Waals surface area contributed by atoms with Crippen molar-refractivity contribution >= 4 is 0 Å². The van der Waals surface area contributed by atoms with Crippen LogP contribution in [0.4, 0.5) is 0 Å². The van der Waals surface area contributed by atoms with Crippen LogP contribution in [-0.2, 0) is 6.54 Å². The molecule has 0 unspecified atom stereocenters. The fourth-order valence-corrected chi connectivity index (χ4v) is 3.16. The lowest BCUT2D eigenvalue weighted by atomic mass is 9.82. The first-order chi connectivity index (χ1) is 9.83. The lowest BCUT2D eigenvalue weighted by molar-refractivity contribution is 0.341. The highest BCUT2D eigenvalue weighted by atomic mass is 15.1. The quantitative estimate of drug-likeness (QED) is 0.891. The van der Waals surface area contributed by atoms with E-state index in [1.165, 1.54) is 42.5 Å². The highest BCUT2D eigenvalue weighted by Gasteiger charge is 2.21. The Kier molecular flexibility index (Phi) is 4.16. The van der Waals surface area contributed by atoms with E-state index < -0.39 is 0 Å². The van der Waals surface area contributed by atoms with E-state index in [1.54, 1.807) is 0 Å². The summed E-state index contributed by atoms with van der Waals surface area (Å²) in [6, 6.07) is 11.6. The highest BCUT2D eigenvalue weighted by Crippen LogP contribution is 2.32. The Labute approximate surface area is 120 Å². The summed E-state index contributed by atoms with van der Waals surface area (Å²) in [5.74, 6) is 0.755. The molecule has 1 aromatic heterocycles. The monoisotopic (exact) mass is 269 g/mol. The maximum Gasteiger partial charge on any atom is 0.0535 e. The lowest BCUT2D eigenvalue weighted by Gasteiger charge is -2.29. The maximum atomic E-state index is 4.07. The predicted molar refractivity (Wildman–Crippen MR) is 81.6 cm³/mol. The fourth-order valence-electron chi connectivity index (χ4n) is 3.16. The summed E-state index contributed by atoms with van der Waals surface area (Å²) in [7, 11) is 0. The molecule has 1 fully saturated rings. The zero-order valence-corrected chi connectivity index (χ0v) is 12.1. The molecule has 1 aromatic carbocycles. The molecular formula is C17H23N3. The van der Waals surface area contributed by atoms with Crippen LogP contribution in [0.25, 0.3) is 0 Å². The Hall–Kier alpha value is -1.61. The van der Waals surface area contributed by atoms with Crippen LogP contribution in [0.15, 0.2) is 36.5 Å². The summed E-state index contributed by atoms with van der Waals surface area (Å²) in [6.07, 6.45) is 7.07. The summed E-state index contributed by atoms with van der Waals surface area (Å²) in [5, 5.41) is 10.7. The first-order valence-electron chi connectivity index (χ1n) is 7.60.